The molecule has 0 fully saturated rings. The fraction of sp³-hybridized carbons (Fsp3) is 0.917. The molecule has 0 radical (unpaired) electrons. The summed E-state index contributed by atoms with van der Waals surface area (Å²) >= 11 is 3.27. The Hall–Kier alpha value is -0.0900. The maximum Gasteiger partial charge on any atom is 0.320 e. The Morgan fingerprint density at radius 3 is 2.50 bits per heavy atom. The molecule has 0 heterocycles. The predicted molar refractivity (Wildman–Crippen MR) is 71.0 cm³/mol. The third-order valence-corrected chi connectivity index (χ3v) is 3.19. The van der Waals surface area contributed by atoms with Crippen molar-refractivity contribution in [2.24, 2.45) is 0 Å². The average Bonchev–Trinajstić information content (AvgIpc) is 2.31. The van der Waals surface area contributed by atoms with Crippen LogP contribution in [0.15, 0.2) is 0 Å². The molecule has 0 aromatic heterocycles. The highest BCUT2D eigenvalue weighted by Gasteiger charge is 2.13. The van der Waals surface area contributed by atoms with E-state index in [0.717, 1.165) is 6.54 Å². The molecule has 0 saturated heterocycles. The summed E-state index contributed by atoms with van der Waals surface area (Å²) < 4.78 is 4.61. The van der Waals surface area contributed by atoms with Gasteiger partial charge in [0.15, 0.2) is 0 Å². The molecule has 0 aromatic carbocycles. The molecule has 16 heavy (non-hydrogen) atoms. The summed E-state index contributed by atoms with van der Waals surface area (Å²) in [5.74, 6) is -0.213. The SMILES string of the molecule is CCCCCCCCNCC(Br)C(=O)OC. The fourth-order valence-electron chi connectivity index (χ4n) is 1.47. The van der Waals surface area contributed by atoms with Gasteiger partial charge >= 0.3 is 5.97 Å². The van der Waals surface area contributed by atoms with E-state index < -0.39 is 0 Å². The molecule has 0 amide bonds. The fourth-order valence-corrected chi connectivity index (χ4v) is 1.89. The van der Waals surface area contributed by atoms with Gasteiger partial charge in [0.1, 0.15) is 4.83 Å². The largest absolute Gasteiger partial charge is 0.468 e. The zero-order chi connectivity index (χ0) is 12.2. The molecular weight excluding hydrogens is 270 g/mol. The van der Waals surface area contributed by atoms with Crippen LogP contribution in [0.3, 0.4) is 0 Å². The van der Waals surface area contributed by atoms with Crippen LogP contribution >= 0.6 is 15.9 Å². The number of halogens is 1. The van der Waals surface area contributed by atoms with Crippen LogP contribution in [0.5, 0.6) is 0 Å². The van der Waals surface area contributed by atoms with Gasteiger partial charge in [0, 0.05) is 6.54 Å². The number of hydrogen-bond acceptors (Lipinski definition) is 3. The number of carbonyl (C=O) groups is 1. The van der Waals surface area contributed by atoms with Gasteiger partial charge in [-0.1, -0.05) is 55.0 Å². The Morgan fingerprint density at radius 2 is 1.88 bits per heavy atom. The first-order valence-electron chi connectivity index (χ1n) is 6.15. The normalized spacial score (nSPS) is 12.4. The molecule has 0 rings (SSSR count). The van der Waals surface area contributed by atoms with Crippen LogP contribution < -0.4 is 5.32 Å². The highest BCUT2D eigenvalue weighted by atomic mass is 79.9. The average molecular weight is 294 g/mol. The number of unbranched alkanes of at least 4 members (excludes halogenated alkanes) is 5. The molecule has 0 saturated carbocycles. The maximum absolute atomic E-state index is 11.0. The van der Waals surface area contributed by atoms with Crippen molar-refractivity contribution in [3.8, 4) is 0 Å². The van der Waals surface area contributed by atoms with Crippen LogP contribution in [0.2, 0.25) is 0 Å². The number of carbonyl (C=O) groups excluding carboxylic acids is 1. The summed E-state index contributed by atoms with van der Waals surface area (Å²) in [4.78, 5) is 10.8. The molecule has 0 aromatic rings. The van der Waals surface area contributed by atoms with Crippen molar-refractivity contribution < 1.29 is 9.53 Å². The summed E-state index contributed by atoms with van der Waals surface area (Å²) in [5, 5.41) is 3.24. The number of ether oxygens (including phenoxy) is 1. The standard InChI is InChI=1S/C12H24BrNO2/c1-3-4-5-6-7-8-9-14-10-11(13)12(15)16-2/h11,14H,3-10H2,1-2H3. The van der Waals surface area contributed by atoms with E-state index in [2.05, 4.69) is 32.9 Å². The molecule has 0 aliphatic carbocycles. The number of methoxy groups -OCH3 is 1. The highest BCUT2D eigenvalue weighted by molar-refractivity contribution is 9.10. The zero-order valence-electron chi connectivity index (χ0n) is 10.4. The van der Waals surface area contributed by atoms with Gasteiger partial charge in [-0.2, -0.15) is 0 Å². The molecular formula is C12H24BrNO2. The third-order valence-electron chi connectivity index (χ3n) is 2.49. The molecule has 1 N–H and O–H groups in total. The van der Waals surface area contributed by atoms with Crippen molar-refractivity contribution in [1.29, 1.82) is 0 Å². The first-order valence-corrected chi connectivity index (χ1v) is 7.06. The lowest BCUT2D eigenvalue weighted by molar-refractivity contribution is -0.139. The van der Waals surface area contributed by atoms with E-state index >= 15 is 0 Å². The summed E-state index contributed by atoms with van der Waals surface area (Å²) in [6.07, 6.45) is 7.77. The van der Waals surface area contributed by atoms with Crippen LogP contribution in [-0.4, -0.2) is 31.0 Å². The van der Waals surface area contributed by atoms with E-state index in [-0.39, 0.29) is 10.8 Å². The van der Waals surface area contributed by atoms with Crippen molar-refractivity contribution in [1.82, 2.24) is 5.32 Å². The zero-order valence-corrected chi connectivity index (χ0v) is 12.0. The van der Waals surface area contributed by atoms with Gasteiger partial charge in [0.2, 0.25) is 0 Å². The molecule has 96 valence electrons. The van der Waals surface area contributed by atoms with E-state index in [0.29, 0.717) is 6.54 Å². The molecule has 0 aliphatic rings. The van der Waals surface area contributed by atoms with Crippen LogP contribution in [-0.2, 0) is 9.53 Å². The summed E-state index contributed by atoms with van der Waals surface area (Å²) in [7, 11) is 1.41. The second-order valence-corrected chi connectivity index (χ2v) is 5.07. The van der Waals surface area contributed by atoms with Crippen molar-refractivity contribution in [3.63, 3.8) is 0 Å². The second-order valence-electron chi connectivity index (χ2n) is 3.96. The van der Waals surface area contributed by atoms with Crippen molar-refractivity contribution in [2.75, 3.05) is 20.2 Å². The van der Waals surface area contributed by atoms with Gasteiger partial charge < -0.3 is 10.1 Å². The summed E-state index contributed by atoms with van der Waals surface area (Å²) in [6, 6.07) is 0. The van der Waals surface area contributed by atoms with Crippen molar-refractivity contribution >= 4 is 21.9 Å². The number of alkyl halides is 1. The second kappa shape index (κ2) is 11.4. The number of hydrogen-bond donors (Lipinski definition) is 1. The Bertz CT molecular complexity index is 176. The minimum absolute atomic E-state index is 0.213. The Labute approximate surface area is 107 Å². The molecule has 3 nitrogen and oxygen atoms in total. The lowest BCUT2D eigenvalue weighted by Crippen LogP contribution is -2.30. The molecule has 4 heteroatoms. The van der Waals surface area contributed by atoms with Crippen LogP contribution in [0.1, 0.15) is 45.4 Å². The van der Waals surface area contributed by atoms with Crippen molar-refractivity contribution in [2.45, 2.75) is 50.3 Å². The summed E-state index contributed by atoms with van der Waals surface area (Å²) in [6.45, 7) is 3.84. The smallest absolute Gasteiger partial charge is 0.320 e. The van der Waals surface area contributed by atoms with Gasteiger partial charge in [0.05, 0.1) is 7.11 Å². The first kappa shape index (κ1) is 15.9. The van der Waals surface area contributed by atoms with Crippen LogP contribution in [0, 0.1) is 0 Å². The Morgan fingerprint density at radius 1 is 1.25 bits per heavy atom. The molecule has 0 bridgehead atoms. The van der Waals surface area contributed by atoms with Crippen molar-refractivity contribution in [3.05, 3.63) is 0 Å². The molecule has 0 aliphatic heterocycles. The quantitative estimate of drug-likeness (QED) is 0.382. The van der Waals surface area contributed by atoms with E-state index in [1.807, 2.05) is 0 Å². The third kappa shape index (κ3) is 9.16. The number of esters is 1. The topological polar surface area (TPSA) is 38.3 Å². The van der Waals surface area contributed by atoms with Gasteiger partial charge in [-0.3, -0.25) is 4.79 Å². The van der Waals surface area contributed by atoms with E-state index in [1.165, 1.54) is 45.6 Å². The molecule has 1 atom stereocenters. The van der Waals surface area contributed by atoms with Gasteiger partial charge in [-0.25, -0.2) is 0 Å². The van der Waals surface area contributed by atoms with E-state index in [9.17, 15) is 4.79 Å². The lowest BCUT2D eigenvalue weighted by Gasteiger charge is -2.08. The maximum atomic E-state index is 11.0. The minimum Gasteiger partial charge on any atom is -0.468 e. The summed E-state index contributed by atoms with van der Waals surface area (Å²) in [5.41, 5.74) is 0. The highest BCUT2D eigenvalue weighted by Crippen LogP contribution is 2.04. The monoisotopic (exact) mass is 293 g/mol. The van der Waals surface area contributed by atoms with E-state index in [4.69, 9.17) is 0 Å². The van der Waals surface area contributed by atoms with Gasteiger partial charge in [-0.15, -0.1) is 0 Å². The predicted octanol–water partition coefficient (Wildman–Crippen LogP) is 2.87. The van der Waals surface area contributed by atoms with Crippen LogP contribution in [0.25, 0.3) is 0 Å². The minimum atomic E-state index is -0.224. The molecule has 1 unspecified atom stereocenters. The first-order chi connectivity index (χ1) is 7.72. The number of rotatable bonds is 10. The van der Waals surface area contributed by atoms with Crippen LogP contribution in [0.4, 0.5) is 0 Å². The lowest BCUT2D eigenvalue weighted by atomic mass is 10.1. The van der Waals surface area contributed by atoms with E-state index in [1.54, 1.807) is 0 Å². The molecule has 0 spiro atoms. The van der Waals surface area contributed by atoms with Gasteiger partial charge in [-0.05, 0) is 13.0 Å². The number of nitrogens with one attached hydrogen (secondary N) is 1. The van der Waals surface area contributed by atoms with Gasteiger partial charge in [0.25, 0.3) is 0 Å². The Kier molecular flexibility index (Phi) is 11.3. The Balaban J connectivity index is 3.17.